The van der Waals surface area contributed by atoms with Crippen molar-refractivity contribution in [1.82, 2.24) is 9.44 Å². The third kappa shape index (κ3) is 10.1. The molecule has 0 unspecified atom stereocenters. The number of halogens is 2. The second-order valence-electron chi connectivity index (χ2n) is 25.6. The molecule has 0 aromatic heterocycles. The quantitative estimate of drug-likeness (QED) is 0.131. The number of rotatable bonds is 0. The number of benzene rings is 4. The van der Waals surface area contributed by atoms with Crippen LogP contribution in [0.1, 0.15) is 146 Å². The molecule has 80 heavy (non-hydrogen) atoms. The van der Waals surface area contributed by atoms with E-state index in [9.17, 15) is 36.6 Å². The van der Waals surface area contributed by atoms with Gasteiger partial charge in [-0.15, -0.1) is 0 Å². The summed E-state index contributed by atoms with van der Waals surface area (Å²) in [5.41, 5.74) is 6.89. The van der Waals surface area contributed by atoms with E-state index in [0.717, 1.165) is 137 Å². The van der Waals surface area contributed by atoms with Crippen LogP contribution < -0.4 is 28.7 Å². The summed E-state index contributed by atoms with van der Waals surface area (Å²) in [6.07, 6.45) is 13.9. The molecule has 12 atom stereocenters. The first-order valence-corrected chi connectivity index (χ1v) is 33.4. The second-order valence-corrected chi connectivity index (χ2v) is 30.4. The van der Waals surface area contributed by atoms with E-state index in [2.05, 4.69) is 43.5 Å². The molecule has 18 heteroatoms. The van der Waals surface area contributed by atoms with Crippen LogP contribution in [0.4, 0.5) is 11.4 Å². The fourth-order valence-electron chi connectivity index (χ4n) is 16.4. The van der Waals surface area contributed by atoms with E-state index < -0.39 is 54.6 Å². The molecule has 14 rings (SSSR count). The number of ether oxygens (including phenoxy) is 2. The van der Waals surface area contributed by atoms with E-state index in [1.54, 1.807) is 24.3 Å². The number of aliphatic hydroxyl groups excluding tert-OH is 2. The number of aryl methyl sites for hydroxylation is 2. The number of hydrogen-bond acceptors (Lipinski definition) is 12. The summed E-state index contributed by atoms with van der Waals surface area (Å²) in [6.45, 7) is 4.02. The molecule has 14 nitrogen and oxygen atoms in total. The maximum Gasteiger partial charge on any atom is 0.264 e. The average Bonchev–Trinajstić information content (AvgIpc) is 3.68. The number of carbonyl (C=O) groups is 2. The molecule has 4 aliphatic heterocycles. The number of nitrogens with zero attached hydrogens (tertiary/aromatic N) is 2. The Balaban J connectivity index is 0.000000151. The van der Waals surface area contributed by atoms with Crippen molar-refractivity contribution in [2.24, 2.45) is 35.5 Å². The van der Waals surface area contributed by atoms with Gasteiger partial charge in [0.25, 0.3) is 11.8 Å². The zero-order chi connectivity index (χ0) is 55.3. The van der Waals surface area contributed by atoms with E-state index in [1.165, 1.54) is 22.3 Å². The van der Waals surface area contributed by atoms with Gasteiger partial charge < -0.3 is 29.5 Å². The van der Waals surface area contributed by atoms with Gasteiger partial charge in [-0.25, -0.2) is 26.3 Å². The van der Waals surface area contributed by atoms with Gasteiger partial charge in [-0.2, -0.15) is 0 Å². The first-order chi connectivity index (χ1) is 38.4. The van der Waals surface area contributed by atoms with Crippen LogP contribution in [0.5, 0.6) is 11.5 Å². The minimum absolute atomic E-state index is 0.0664. The molecule has 10 aliphatic rings. The largest absolute Gasteiger partial charge is 0.490 e. The van der Waals surface area contributed by atoms with Crippen molar-refractivity contribution in [2.75, 3.05) is 49.2 Å². The molecule has 4 N–H and O–H groups in total. The Hall–Kier alpha value is -4.58. The number of amides is 2. The molecule has 0 saturated heterocycles. The predicted molar refractivity (Wildman–Crippen MR) is 309 cm³/mol. The minimum atomic E-state index is -3.87. The molecule has 2 amide bonds. The Morgan fingerprint density at radius 3 is 1.38 bits per heavy atom. The van der Waals surface area contributed by atoms with E-state index in [0.29, 0.717) is 73.4 Å². The van der Waals surface area contributed by atoms with Crippen LogP contribution in [0.3, 0.4) is 0 Å². The van der Waals surface area contributed by atoms with Crippen LogP contribution in [-0.4, -0.2) is 101 Å². The standard InChI is InChI=1S/2C31H37ClN2O5S/c2*32-23-8-10-26-19(13-23)4-2-12-31(26)17-34-16-22-6-9-25(22)29(35)20-3-1-5-24(14-20)40(37,38)33-30(36)21-7-11-28(39-18-31)27(34)15-21/h2*7-8,10-11,13,15,20,22,24-25,29,35H,1-6,9,12,14,16-18H2,(H,33,36)/t20-,22+,24+,25-,29-,31+;20-,22+,24-,25-,29-,31+/m11/s1. The molecule has 428 valence electrons. The van der Waals surface area contributed by atoms with Gasteiger partial charge >= 0.3 is 0 Å². The number of anilines is 2. The minimum Gasteiger partial charge on any atom is -0.490 e. The Labute approximate surface area is 480 Å². The lowest BCUT2D eigenvalue weighted by molar-refractivity contribution is -0.0315. The summed E-state index contributed by atoms with van der Waals surface area (Å²) in [7, 11) is -7.74. The summed E-state index contributed by atoms with van der Waals surface area (Å²) in [4.78, 5) is 31.3. The molecule has 4 fully saturated rings. The van der Waals surface area contributed by atoms with Crippen molar-refractivity contribution in [2.45, 2.75) is 149 Å². The van der Waals surface area contributed by atoms with Crippen molar-refractivity contribution in [1.29, 1.82) is 0 Å². The summed E-state index contributed by atoms with van der Waals surface area (Å²) >= 11 is 12.8. The molecular formula is C62H74Cl2N4O10S2. The van der Waals surface area contributed by atoms with E-state index in [1.807, 2.05) is 24.3 Å². The highest BCUT2D eigenvalue weighted by Crippen LogP contribution is 2.51. The molecule has 4 saturated carbocycles. The zero-order valence-corrected chi connectivity index (χ0v) is 48.4. The summed E-state index contributed by atoms with van der Waals surface area (Å²) < 4.78 is 70.9. The molecule has 2 spiro atoms. The highest BCUT2D eigenvalue weighted by molar-refractivity contribution is 7.91. The third-order valence-corrected chi connectivity index (χ3v) is 25.0. The molecule has 8 bridgehead atoms. The van der Waals surface area contributed by atoms with Gasteiger partial charge in [0.1, 0.15) is 11.5 Å². The molecule has 4 heterocycles. The van der Waals surface area contributed by atoms with Crippen LogP contribution in [0, 0.1) is 35.5 Å². The van der Waals surface area contributed by atoms with Gasteiger partial charge in [0.15, 0.2) is 0 Å². The van der Waals surface area contributed by atoms with E-state index >= 15 is 0 Å². The summed E-state index contributed by atoms with van der Waals surface area (Å²) in [6, 6.07) is 22.9. The van der Waals surface area contributed by atoms with Crippen molar-refractivity contribution in [3.63, 3.8) is 0 Å². The highest BCUT2D eigenvalue weighted by atomic mass is 35.5. The van der Waals surface area contributed by atoms with Crippen LogP contribution >= 0.6 is 23.2 Å². The van der Waals surface area contributed by atoms with Crippen LogP contribution in [-0.2, 0) is 43.7 Å². The number of aliphatic hydroxyl groups is 2. The zero-order valence-electron chi connectivity index (χ0n) is 45.3. The molecule has 6 aliphatic carbocycles. The lowest BCUT2D eigenvalue weighted by Crippen LogP contribution is -2.51. The monoisotopic (exact) mass is 1170 g/mol. The Bertz CT molecular complexity index is 3110. The van der Waals surface area contributed by atoms with Gasteiger partial charge in [-0.1, -0.05) is 48.2 Å². The fourth-order valence-corrected chi connectivity index (χ4v) is 19.8. The first-order valence-electron chi connectivity index (χ1n) is 29.5. The smallest absolute Gasteiger partial charge is 0.264 e. The van der Waals surface area contributed by atoms with Gasteiger partial charge in [0, 0.05) is 58.2 Å². The average molecular weight is 1170 g/mol. The molecule has 4 aromatic carbocycles. The number of sulfonamides is 2. The maximum atomic E-state index is 13.3. The molecule has 0 radical (unpaired) electrons. The summed E-state index contributed by atoms with van der Waals surface area (Å²) in [5, 5.41) is 23.2. The Morgan fingerprint density at radius 2 is 0.963 bits per heavy atom. The van der Waals surface area contributed by atoms with Crippen LogP contribution in [0.25, 0.3) is 0 Å². The van der Waals surface area contributed by atoms with Crippen LogP contribution in [0.2, 0.25) is 10.0 Å². The SMILES string of the molecule is O=C1NS(=O)(=O)[C@@H]2CCC[C@H](C2)[C@@H](O)[C@@H]2CC[C@H]2CN2C[C@@]3(CCCc4cc(Cl)ccc43)COc3ccc1cc32.O=C1NS(=O)(=O)[C@H]2CCC[C@H](C2)[C@@H](O)[C@@H]2CC[C@H]2CN2C[C@@]3(CCCc4cc(Cl)ccc43)COc3ccc1cc32. The Morgan fingerprint density at radius 1 is 0.525 bits per heavy atom. The lowest BCUT2D eigenvalue weighted by atomic mass is 9.65. The fraction of sp³-hybridized carbons (Fsp3) is 0.581. The topological polar surface area (TPSA) is 192 Å². The number of nitrogens with one attached hydrogen (secondary N) is 2. The molecule has 4 aromatic rings. The number of carbonyl (C=O) groups excluding carboxylic acids is 2. The van der Waals surface area contributed by atoms with Crippen molar-refractivity contribution >= 4 is 66.4 Å². The van der Waals surface area contributed by atoms with Crippen molar-refractivity contribution in [3.8, 4) is 11.5 Å². The van der Waals surface area contributed by atoms with E-state index in [4.69, 9.17) is 32.7 Å². The number of hydrogen-bond donors (Lipinski definition) is 4. The maximum absolute atomic E-state index is 13.3. The number of fused-ring (bicyclic) bond motifs is 12. The summed E-state index contributed by atoms with van der Waals surface area (Å²) in [5.74, 6) is 0.942. The van der Waals surface area contributed by atoms with Gasteiger partial charge in [0.2, 0.25) is 20.0 Å². The Kier molecular flexibility index (Phi) is 14.5. The lowest BCUT2D eigenvalue weighted by Gasteiger charge is -2.47. The van der Waals surface area contributed by atoms with Crippen molar-refractivity contribution < 1.29 is 46.1 Å². The van der Waals surface area contributed by atoms with Crippen LogP contribution in [0.15, 0.2) is 72.8 Å². The van der Waals surface area contributed by atoms with Gasteiger partial charge in [-0.05, 0) is 221 Å². The highest BCUT2D eigenvalue weighted by Gasteiger charge is 2.50. The van der Waals surface area contributed by atoms with E-state index in [-0.39, 0.29) is 34.5 Å². The first kappa shape index (κ1) is 54.7. The molecular weight excluding hydrogens is 1100 g/mol. The second kappa shape index (κ2) is 21.2. The van der Waals surface area contributed by atoms with Crippen molar-refractivity contribution in [3.05, 3.63) is 116 Å². The van der Waals surface area contributed by atoms with Gasteiger partial charge in [0.05, 0.1) is 47.3 Å². The third-order valence-electron chi connectivity index (χ3n) is 21.0. The normalized spacial score (nSPS) is 34.7. The van der Waals surface area contributed by atoms with Gasteiger partial charge in [-0.3, -0.25) is 9.59 Å². The predicted octanol–water partition coefficient (Wildman–Crippen LogP) is 9.66.